The average Bonchev–Trinajstić information content (AvgIpc) is 3.18. The lowest BCUT2D eigenvalue weighted by Crippen LogP contribution is -2.57. The summed E-state index contributed by atoms with van der Waals surface area (Å²) in [4.78, 5) is 13.0. The lowest BCUT2D eigenvalue weighted by atomic mass is 10.1. The minimum absolute atomic E-state index is 0.0247. The van der Waals surface area contributed by atoms with Crippen molar-refractivity contribution in [2.24, 2.45) is 0 Å². The number of nitrogens with one attached hydrogen (secondary N) is 1. The summed E-state index contributed by atoms with van der Waals surface area (Å²) in [6.07, 6.45) is 1.57. The van der Waals surface area contributed by atoms with Gasteiger partial charge in [-0.15, -0.1) is 0 Å². The van der Waals surface area contributed by atoms with E-state index in [4.69, 9.17) is 9.26 Å². The first-order chi connectivity index (χ1) is 16.0. The topological polar surface area (TPSA) is 79.5 Å². The van der Waals surface area contributed by atoms with Crippen LogP contribution in [-0.2, 0) is 0 Å². The van der Waals surface area contributed by atoms with Crippen molar-refractivity contribution in [2.45, 2.75) is 12.7 Å². The number of likely N-dealkylation sites (N-methyl/N-ethyl adjacent to an activating group) is 1. The second kappa shape index (κ2) is 8.62. The van der Waals surface area contributed by atoms with E-state index in [9.17, 15) is 8.78 Å². The highest BCUT2D eigenvalue weighted by molar-refractivity contribution is 5.90. The van der Waals surface area contributed by atoms with Crippen LogP contribution < -0.4 is 15.0 Å². The van der Waals surface area contributed by atoms with E-state index in [2.05, 4.69) is 30.2 Å². The quantitative estimate of drug-likeness (QED) is 0.443. The minimum Gasteiger partial charge on any atom is -0.433 e. The average molecular weight is 452 g/mol. The SMILES string of the molecule is CN(C)C1CN(c2ccc(Nc3nccc(-c4noc5ccccc45)n3)c(OC(F)F)c2)C1. The Labute approximate surface area is 188 Å². The molecular formula is C23H22F2N6O2. The van der Waals surface area contributed by atoms with Crippen molar-refractivity contribution in [3.63, 3.8) is 0 Å². The number of hydrogen-bond donors (Lipinski definition) is 1. The van der Waals surface area contributed by atoms with E-state index in [0.717, 1.165) is 24.2 Å². The maximum absolute atomic E-state index is 13.1. The zero-order valence-corrected chi connectivity index (χ0v) is 18.1. The predicted octanol–water partition coefficient (Wildman–Crippen LogP) is 4.38. The number of fused-ring (bicyclic) bond motifs is 1. The number of para-hydroxylation sites is 1. The molecule has 8 nitrogen and oxygen atoms in total. The Bertz CT molecular complexity index is 1270. The number of alkyl halides is 2. The van der Waals surface area contributed by atoms with Crippen molar-refractivity contribution in [1.82, 2.24) is 20.0 Å². The molecule has 0 saturated carbocycles. The summed E-state index contributed by atoms with van der Waals surface area (Å²) in [5.41, 5.74) is 2.92. The van der Waals surface area contributed by atoms with Gasteiger partial charge in [-0.05, 0) is 44.4 Å². The Morgan fingerprint density at radius 2 is 1.97 bits per heavy atom. The number of rotatable bonds is 7. The number of ether oxygens (including phenoxy) is 1. The van der Waals surface area contributed by atoms with E-state index in [1.54, 1.807) is 24.4 Å². The van der Waals surface area contributed by atoms with E-state index < -0.39 is 6.61 Å². The Balaban J connectivity index is 1.41. The maximum Gasteiger partial charge on any atom is 0.387 e. The molecule has 2 aromatic heterocycles. The number of halogens is 2. The number of anilines is 3. The van der Waals surface area contributed by atoms with E-state index in [1.807, 2.05) is 44.4 Å². The Kier molecular flexibility index (Phi) is 5.51. The van der Waals surface area contributed by atoms with Crippen LogP contribution in [0.5, 0.6) is 5.75 Å². The van der Waals surface area contributed by atoms with Crippen molar-refractivity contribution in [2.75, 3.05) is 37.4 Å². The van der Waals surface area contributed by atoms with Gasteiger partial charge in [0.15, 0.2) is 11.3 Å². The molecule has 1 saturated heterocycles. The van der Waals surface area contributed by atoms with Crippen LogP contribution in [0.3, 0.4) is 0 Å². The Hall–Kier alpha value is -3.79. The molecule has 1 aliphatic rings. The van der Waals surface area contributed by atoms with Crippen molar-refractivity contribution in [1.29, 1.82) is 0 Å². The molecule has 0 amide bonds. The summed E-state index contributed by atoms with van der Waals surface area (Å²) in [5, 5.41) is 7.92. The van der Waals surface area contributed by atoms with Crippen LogP contribution in [0.25, 0.3) is 22.4 Å². The van der Waals surface area contributed by atoms with Gasteiger partial charge in [0.1, 0.15) is 5.69 Å². The molecule has 2 aromatic carbocycles. The van der Waals surface area contributed by atoms with Crippen LogP contribution in [0.1, 0.15) is 0 Å². The fraction of sp³-hybridized carbons (Fsp3) is 0.261. The highest BCUT2D eigenvalue weighted by atomic mass is 19.3. The van der Waals surface area contributed by atoms with Crippen LogP contribution in [-0.4, -0.2) is 59.9 Å². The maximum atomic E-state index is 13.1. The molecule has 5 rings (SSSR count). The standard InChI is InChI=1S/C23H22F2N6O2/c1-30(2)15-12-31(13-15)14-7-8-17(20(11-14)32-22(24)25)27-23-26-10-9-18(28-23)21-16-5-3-4-6-19(16)33-29-21/h3-11,15,22H,12-13H2,1-2H3,(H,26,27,28). The van der Waals surface area contributed by atoms with Gasteiger partial charge in [0, 0.05) is 37.1 Å². The highest BCUT2D eigenvalue weighted by Gasteiger charge is 2.29. The van der Waals surface area contributed by atoms with Gasteiger partial charge >= 0.3 is 6.61 Å². The van der Waals surface area contributed by atoms with Crippen LogP contribution in [0, 0.1) is 0 Å². The first kappa shape index (κ1) is 21.1. The lowest BCUT2D eigenvalue weighted by molar-refractivity contribution is -0.0493. The third-order valence-electron chi connectivity index (χ3n) is 5.66. The van der Waals surface area contributed by atoms with E-state index >= 15 is 0 Å². The van der Waals surface area contributed by atoms with Crippen molar-refractivity contribution in [3.8, 4) is 17.1 Å². The summed E-state index contributed by atoms with van der Waals surface area (Å²) < 4.78 is 36.4. The van der Waals surface area contributed by atoms with Gasteiger partial charge in [0.2, 0.25) is 5.95 Å². The summed E-state index contributed by atoms with van der Waals surface area (Å²) in [7, 11) is 4.05. The first-order valence-electron chi connectivity index (χ1n) is 10.4. The molecule has 3 heterocycles. The van der Waals surface area contributed by atoms with Gasteiger partial charge < -0.3 is 24.4 Å². The molecule has 0 spiro atoms. The second-order valence-corrected chi connectivity index (χ2v) is 8.00. The fourth-order valence-corrected chi connectivity index (χ4v) is 3.74. The second-order valence-electron chi connectivity index (χ2n) is 8.00. The molecule has 0 bridgehead atoms. The van der Waals surface area contributed by atoms with Gasteiger partial charge in [0.05, 0.1) is 16.8 Å². The Morgan fingerprint density at radius 3 is 2.76 bits per heavy atom. The summed E-state index contributed by atoms with van der Waals surface area (Å²) in [6, 6.07) is 14.8. The summed E-state index contributed by atoms with van der Waals surface area (Å²) in [5.74, 6) is 0.250. The largest absolute Gasteiger partial charge is 0.433 e. The number of aromatic nitrogens is 3. The molecule has 0 radical (unpaired) electrons. The number of benzene rings is 2. The molecule has 0 unspecified atom stereocenters. The lowest BCUT2D eigenvalue weighted by Gasteiger charge is -2.44. The van der Waals surface area contributed by atoms with Gasteiger partial charge in [-0.3, -0.25) is 0 Å². The summed E-state index contributed by atoms with van der Waals surface area (Å²) >= 11 is 0. The van der Waals surface area contributed by atoms with Gasteiger partial charge in [-0.2, -0.15) is 8.78 Å². The van der Waals surface area contributed by atoms with E-state index in [1.165, 1.54) is 0 Å². The minimum atomic E-state index is -2.96. The Morgan fingerprint density at radius 1 is 1.15 bits per heavy atom. The molecule has 170 valence electrons. The molecular weight excluding hydrogens is 430 g/mol. The van der Waals surface area contributed by atoms with Gasteiger partial charge in [-0.1, -0.05) is 17.3 Å². The fourth-order valence-electron chi connectivity index (χ4n) is 3.74. The van der Waals surface area contributed by atoms with Crippen molar-refractivity contribution < 1.29 is 18.0 Å². The first-order valence-corrected chi connectivity index (χ1v) is 10.4. The molecule has 4 aromatic rings. The van der Waals surface area contributed by atoms with Crippen molar-refractivity contribution >= 4 is 28.3 Å². The molecule has 10 heteroatoms. The zero-order valence-electron chi connectivity index (χ0n) is 18.1. The zero-order chi connectivity index (χ0) is 22.9. The summed E-state index contributed by atoms with van der Waals surface area (Å²) in [6.45, 7) is -1.31. The highest BCUT2D eigenvalue weighted by Crippen LogP contribution is 2.35. The number of nitrogens with zero attached hydrogens (tertiary/aromatic N) is 5. The van der Waals surface area contributed by atoms with E-state index in [0.29, 0.717) is 28.7 Å². The monoisotopic (exact) mass is 452 g/mol. The van der Waals surface area contributed by atoms with Crippen LogP contribution in [0.2, 0.25) is 0 Å². The molecule has 0 aliphatic carbocycles. The van der Waals surface area contributed by atoms with Crippen molar-refractivity contribution in [3.05, 3.63) is 54.7 Å². The van der Waals surface area contributed by atoms with Gasteiger partial charge in [0.25, 0.3) is 0 Å². The molecule has 1 aliphatic heterocycles. The van der Waals surface area contributed by atoms with Crippen LogP contribution >= 0.6 is 0 Å². The smallest absolute Gasteiger partial charge is 0.387 e. The molecule has 0 atom stereocenters. The van der Waals surface area contributed by atoms with Gasteiger partial charge in [-0.25, -0.2) is 9.97 Å². The van der Waals surface area contributed by atoms with Crippen LogP contribution in [0.15, 0.2) is 59.3 Å². The molecule has 1 fully saturated rings. The van der Waals surface area contributed by atoms with Crippen LogP contribution in [0.4, 0.5) is 26.1 Å². The molecule has 1 N–H and O–H groups in total. The van der Waals surface area contributed by atoms with E-state index in [-0.39, 0.29) is 11.7 Å². The molecule has 33 heavy (non-hydrogen) atoms. The third kappa shape index (κ3) is 4.29. The number of hydrogen-bond acceptors (Lipinski definition) is 8. The predicted molar refractivity (Wildman–Crippen MR) is 121 cm³/mol. The normalized spacial score (nSPS) is 14.2. The third-order valence-corrected chi connectivity index (χ3v) is 5.66.